The maximum atomic E-state index is 13.5. The molecule has 0 saturated heterocycles. The molecule has 3 N–H and O–H groups in total. The summed E-state index contributed by atoms with van der Waals surface area (Å²) in [6, 6.07) is 15.6. The van der Waals surface area contributed by atoms with Crippen molar-refractivity contribution in [2.24, 2.45) is 5.92 Å². The fourth-order valence-electron chi connectivity index (χ4n) is 4.64. The zero-order valence-corrected chi connectivity index (χ0v) is 20.3. The SMILES string of the molecule is N#CC(C#N)C(C(NC1CCCCC1)=C1C(=O)Nc2ccccc2NC1=O)c1ccc(Cl)cc1Cl. The van der Waals surface area contributed by atoms with Gasteiger partial charge in [-0.2, -0.15) is 10.5 Å². The molecule has 0 radical (unpaired) electrons. The maximum absolute atomic E-state index is 13.5. The molecule has 0 bridgehead atoms. The normalized spacial score (nSPS) is 16.8. The molecule has 1 unspecified atom stereocenters. The molecule has 7 nitrogen and oxygen atoms in total. The summed E-state index contributed by atoms with van der Waals surface area (Å²) in [6.07, 6.45) is 4.77. The minimum atomic E-state index is -1.22. The van der Waals surface area contributed by atoms with Gasteiger partial charge in [-0.3, -0.25) is 9.59 Å². The second-order valence-corrected chi connectivity index (χ2v) is 9.44. The summed E-state index contributed by atoms with van der Waals surface area (Å²) >= 11 is 12.6. The monoisotopic (exact) mass is 507 g/mol. The molecular formula is C26H23Cl2N5O2. The lowest BCUT2D eigenvalue weighted by Gasteiger charge is -2.31. The molecule has 2 aliphatic rings. The van der Waals surface area contributed by atoms with Gasteiger partial charge in [-0.25, -0.2) is 0 Å². The summed E-state index contributed by atoms with van der Waals surface area (Å²) in [4.78, 5) is 26.9. The zero-order valence-electron chi connectivity index (χ0n) is 18.8. The zero-order chi connectivity index (χ0) is 24.9. The Balaban J connectivity index is 1.93. The van der Waals surface area contributed by atoms with Crippen molar-refractivity contribution >= 4 is 46.4 Å². The number of fused-ring (bicyclic) bond motifs is 1. The highest BCUT2D eigenvalue weighted by atomic mass is 35.5. The first-order valence-corrected chi connectivity index (χ1v) is 12.1. The van der Waals surface area contributed by atoms with E-state index in [2.05, 4.69) is 16.0 Å². The highest BCUT2D eigenvalue weighted by Crippen LogP contribution is 2.39. The highest BCUT2D eigenvalue weighted by molar-refractivity contribution is 6.35. The lowest BCUT2D eigenvalue weighted by Crippen LogP contribution is -2.38. The van der Waals surface area contributed by atoms with Crippen LogP contribution in [-0.2, 0) is 9.59 Å². The molecule has 0 spiro atoms. The van der Waals surface area contributed by atoms with Crippen molar-refractivity contribution < 1.29 is 9.59 Å². The number of amides is 2. The van der Waals surface area contributed by atoms with E-state index in [0.29, 0.717) is 22.0 Å². The van der Waals surface area contributed by atoms with Crippen LogP contribution in [0.2, 0.25) is 10.0 Å². The molecule has 1 heterocycles. The first-order chi connectivity index (χ1) is 16.9. The van der Waals surface area contributed by atoms with Gasteiger partial charge < -0.3 is 16.0 Å². The average Bonchev–Trinajstić information content (AvgIpc) is 2.97. The number of benzene rings is 2. The Morgan fingerprint density at radius 1 is 0.943 bits per heavy atom. The molecule has 2 aromatic rings. The van der Waals surface area contributed by atoms with Gasteiger partial charge in [0.2, 0.25) is 0 Å². The molecule has 2 amide bonds. The molecule has 0 aromatic heterocycles. The number of nitrogens with zero attached hydrogens (tertiary/aromatic N) is 2. The number of hydrogen-bond donors (Lipinski definition) is 3. The maximum Gasteiger partial charge on any atom is 0.263 e. The van der Waals surface area contributed by atoms with Crippen LogP contribution in [0.25, 0.3) is 0 Å². The smallest absolute Gasteiger partial charge is 0.263 e. The Kier molecular flexibility index (Phi) is 7.60. The Hall–Kier alpha value is -3.52. The molecule has 4 rings (SSSR count). The Morgan fingerprint density at radius 3 is 2.09 bits per heavy atom. The molecular weight excluding hydrogens is 485 g/mol. The van der Waals surface area contributed by atoms with Crippen LogP contribution < -0.4 is 16.0 Å². The van der Waals surface area contributed by atoms with Crippen molar-refractivity contribution in [2.45, 2.75) is 44.1 Å². The van der Waals surface area contributed by atoms with Crippen LogP contribution in [0.4, 0.5) is 11.4 Å². The molecule has 1 aliphatic carbocycles. The minimum Gasteiger partial charge on any atom is -0.384 e. The van der Waals surface area contributed by atoms with Crippen molar-refractivity contribution in [1.82, 2.24) is 5.32 Å². The molecule has 2 aromatic carbocycles. The lowest BCUT2D eigenvalue weighted by molar-refractivity contribution is -0.118. The van der Waals surface area contributed by atoms with Gasteiger partial charge in [-0.15, -0.1) is 0 Å². The van der Waals surface area contributed by atoms with Crippen molar-refractivity contribution in [2.75, 3.05) is 10.6 Å². The van der Waals surface area contributed by atoms with E-state index in [4.69, 9.17) is 23.2 Å². The predicted molar refractivity (Wildman–Crippen MR) is 135 cm³/mol. The number of rotatable bonds is 5. The van der Waals surface area contributed by atoms with Crippen molar-refractivity contribution in [1.29, 1.82) is 10.5 Å². The summed E-state index contributed by atoms with van der Waals surface area (Å²) in [5.41, 5.74) is 1.36. The van der Waals surface area contributed by atoms with E-state index in [0.717, 1.165) is 32.1 Å². The van der Waals surface area contributed by atoms with Crippen LogP contribution in [0.3, 0.4) is 0 Å². The van der Waals surface area contributed by atoms with Crippen LogP contribution >= 0.6 is 23.2 Å². The number of para-hydroxylation sites is 2. The van der Waals surface area contributed by atoms with E-state index in [1.807, 2.05) is 12.1 Å². The molecule has 1 aliphatic heterocycles. The number of nitrogens with one attached hydrogen (secondary N) is 3. The number of anilines is 2. The van der Waals surface area contributed by atoms with Crippen LogP contribution in [-0.4, -0.2) is 17.9 Å². The number of carbonyl (C=O) groups is 2. The van der Waals surface area contributed by atoms with Gasteiger partial charge in [0.15, 0.2) is 0 Å². The van der Waals surface area contributed by atoms with Crippen LogP contribution in [0.15, 0.2) is 53.7 Å². The third-order valence-corrected chi connectivity index (χ3v) is 6.89. The Labute approximate surface area is 213 Å². The minimum absolute atomic E-state index is 0.0240. The number of halogens is 2. The summed E-state index contributed by atoms with van der Waals surface area (Å²) in [7, 11) is 0. The molecule has 1 saturated carbocycles. The van der Waals surface area contributed by atoms with Gasteiger partial charge >= 0.3 is 0 Å². The van der Waals surface area contributed by atoms with Gasteiger partial charge in [-0.05, 0) is 42.7 Å². The van der Waals surface area contributed by atoms with Crippen molar-refractivity contribution in [3.05, 3.63) is 69.3 Å². The largest absolute Gasteiger partial charge is 0.384 e. The van der Waals surface area contributed by atoms with Gasteiger partial charge in [0, 0.05) is 21.8 Å². The fraction of sp³-hybridized carbons (Fsp3) is 0.308. The molecule has 1 atom stereocenters. The summed E-state index contributed by atoms with van der Waals surface area (Å²) in [5.74, 6) is -3.46. The number of allylic oxidation sites excluding steroid dienone is 1. The molecule has 9 heteroatoms. The van der Waals surface area contributed by atoms with Gasteiger partial charge in [0.25, 0.3) is 11.8 Å². The first kappa shape index (κ1) is 24.6. The third kappa shape index (κ3) is 5.27. The van der Waals surface area contributed by atoms with Gasteiger partial charge in [-0.1, -0.05) is 60.7 Å². The highest BCUT2D eigenvalue weighted by Gasteiger charge is 2.37. The van der Waals surface area contributed by atoms with E-state index in [1.165, 1.54) is 6.07 Å². The van der Waals surface area contributed by atoms with E-state index >= 15 is 0 Å². The van der Waals surface area contributed by atoms with Crippen LogP contribution in [0.1, 0.15) is 43.6 Å². The van der Waals surface area contributed by atoms with Gasteiger partial charge in [0.05, 0.1) is 29.4 Å². The van der Waals surface area contributed by atoms with Crippen LogP contribution in [0.5, 0.6) is 0 Å². The average molecular weight is 508 g/mol. The summed E-state index contributed by atoms with van der Waals surface area (Å²) in [6.45, 7) is 0. The first-order valence-electron chi connectivity index (χ1n) is 11.4. The molecule has 178 valence electrons. The predicted octanol–water partition coefficient (Wildman–Crippen LogP) is 5.51. The quantitative estimate of drug-likeness (QED) is 0.364. The number of hydrogen-bond acceptors (Lipinski definition) is 5. The number of carbonyl (C=O) groups excluding carboxylic acids is 2. The fourth-order valence-corrected chi connectivity index (χ4v) is 5.16. The molecule has 35 heavy (non-hydrogen) atoms. The van der Waals surface area contributed by atoms with E-state index in [1.54, 1.807) is 36.4 Å². The second-order valence-electron chi connectivity index (χ2n) is 8.60. The standard InChI is InChI=1S/C26H23Cl2N5O2/c27-16-10-11-18(19(28)12-16)22(15(13-29)14-30)24(31-17-6-2-1-3-7-17)23-25(34)32-20-8-4-5-9-21(20)33-26(23)35/h4-5,8-12,15,17,22,31H,1-3,6-7H2,(H,32,34)(H,33,35). The lowest BCUT2D eigenvalue weighted by atomic mass is 9.81. The van der Waals surface area contributed by atoms with Crippen molar-refractivity contribution in [3.63, 3.8) is 0 Å². The Morgan fingerprint density at radius 2 is 1.54 bits per heavy atom. The second kappa shape index (κ2) is 10.8. The Bertz CT molecular complexity index is 1220. The summed E-state index contributed by atoms with van der Waals surface area (Å²) in [5, 5.41) is 29.4. The van der Waals surface area contributed by atoms with E-state index in [9.17, 15) is 20.1 Å². The van der Waals surface area contributed by atoms with Gasteiger partial charge in [0.1, 0.15) is 11.5 Å². The third-order valence-electron chi connectivity index (χ3n) is 6.33. The van der Waals surface area contributed by atoms with Crippen LogP contribution in [0, 0.1) is 28.6 Å². The van der Waals surface area contributed by atoms with Crippen molar-refractivity contribution in [3.8, 4) is 12.1 Å². The number of nitriles is 2. The van der Waals surface area contributed by atoms with E-state index in [-0.39, 0.29) is 22.3 Å². The summed E-state index contributed by atoms with van der Waals surface area (Å²) < 4.78 is 0. The van der Waals surface area contributed by atoms with E-state index < -0.39 is 23.7 Å². The topological polar surface area (TPSA) is 118 Å². The molecule has 1 fully saturated rings.